The Bertz CT molecular complexity index is 904. The van der Waals surface area contributed by atoms with Crippen molar-refractivity contribution < 1.29 is 9.47 Å². The van der Waals surface area contributed by atoms with E-state index in [0.29, 0.717) is 11.1 Å². The number of pyridine rings is 1. The molecule has 0 spiro atoms. The molecule has 1 aromatic carbocycles. The molecule has 1 atom stereocenters. The number of nitrogens with zero attached hydrogens (tertiary/aromatic N) is 3. The van der Waals surface area contributed by atoms with Crippen LogP contribution in [0.1, 0.15) is 17.9 Å². The van der Waals surface area contributed by atoms with Gasteiger partial charge in [0.15, 0.2) is 5.65 Å². The molecule has 2 aliphatic heterocycles. The number of aromatic nitrogens is 2. The fourth-order valence-electron chi connectivity index (χ4n) is 3.76. The van der Waals surface area contributed by atoms with Gasteiger partial charge in [0, 0.05) is 43.4 Å². The predicted molar refractivity (Wildman–Crippen MR) is 106 cm³/mol. The number of hydrogen-bond donors (Lipinski definition) is 1. The summed E-state index contributed by atoms with van der Waals surface area (Å²) >= 11 is 1.50. The Kier molecular flexibility index (Phi) is 4.65. The van der Waals surface area contributed by atoms with Crippen LogP contribution in [0.5, 0.6) is 16.7 Å². The molecule has 2 aliphatic rings. The zero-order valence-electron chi connectivity index (χ0n) is 15.1. The van der Waals surface area contributed by atoms with Crippen LogP contribution in [0.2, 0.25) is 0 Å². The molecule has 0 radical (unpaired) electrons. The quantitative estimate of drug-likeness (QED) is 0.747. The fourth-order valence-corrected chi connectivity index (χ4v) is 4.56. The van der Waals surface area contributed by atoms with Crippen LogP contribution in [0.25, 0.3) is 10.3 Å². The average molecular weight is 382 g/mol. The van der Waals surface area contributed by atoms with Gasteiger partial charge >= 0.3 is 0 Å². The van der Waals surface area contributed by atoms with Crippen LogP contribution in [0, 0.1) is 0 Å². The number of ether oxygens (including phenoxy) is 2. The highest BCUT2D eigenvalue weighted by atomic mass is 32.1. The largest absolute Gasteiger partial charge is 0.492 e. The number of fused-ring (bicyclic) bond motifs is 2. The van der Waals surface area contributed by atoms with Crippen molar-refractivity contribution in [1.29, 1.82) is 0 Å². The summed E-state index contributed by atoms with van der Waals surface area (Å²) < 4.78 is 13.0. The molecule has 1 fully saturated rings. The van der Waals surface area contributed by atoms with Gasteiger partial charge in [0.1, 0.15) is 11.5 Å². The van der Waals surface area contributed by atoms with Crippen molar-refractivity contribution in [3.63, 3.8) is 0 Å². The van der Waals surface area contributed by atoms with Crippen LogP contribution in [0.3, 0.4) is 0 Å². The SMILES string of the molecule is c1cnc2nc(Oc3ccc4c(c3)OCC4CN3CCCNCC3)sc2c1. The van der Waals surface area contributed by atoms with Gasteiger partial charge in [-0.15, -0.1) is 0 Å². The minimum atomic E-state index is 0.429. The standard InChI is InChI=1S/C20H22N4O2S/c1-3-18-19(22-7-1)23-20(27-18)26-15-4-5-16-14(13-25-17(16)11-15)12-24-9-2-6-21-8-10-24/h1,3-5,7,11,14,21H,2,6,8-10,12-13H2. The molecule has 0 amide bonds. The van der Waals surface area contributed by atoms with Gasteiger partial charge < -0.3 is 19.7 Å². The van der Waals surface area contributed by atoms with E-state index in [9.17, 15) is 0 Å². The summed E-state index contributed by atoms with van der Waals surface area (Å²) in [4.78, 5) is 11.2. The minimum absolute atomic E-state index is 0.429. The number of thiazole rings is 1. The molecule has 6 nitrogen and oxygen atoms in total. The van der Waals surface area contributed by atoms with Gasteiger partial charge in [-0.3, -0.25) is 0 Å². The highest BCUT2D eigenvalue weighted by molar-refractivity contribution is 7.20. The second-order valence-electron chi connectivity index (χ2n) is 7.02. The Hall–Kier alpha value is -2.22. The molecule has 7 heteroatoms. The molecule has 27 heavy (non-hydrogen) atoms. The summed E-state index contributed by atoms with van der Waals surface area (Å²) in [6, 6.07) is 10.1. The van der Waals surface area contributed by atoms with Crippen molar-refractivity contribution in [2.24, 2.45) is 0 Å². The lowest BCUT2D eigenvalue weighted by atomic mass is 10.0. The zero-order valence-corrected chi connectivity index (χ0v) is 15.9. The predicted octanol–water partition coefficient (Wildman–Crippen LogP) is 3.25. The van der Waals surface area contributed by atoms with E-state index in [1.54, 1.807) is 6.20 Å². The monoisotopic (exact) mass is 382 g/mol. The van der Waals surface area contributed by atoms with E-state index >= 15 is 0 Å². The summed E-state index contributed by atoms with van der Waals surface area (Å²) in [5.74, 6) is 2.12. The Balaban J connectivity index is 1.30. The summed E-state index contributed by atoms with van der Waals surface area (Å²) in [6.07, 6.45) is 2.96. The molecule has 4 heterocycles. The summed E-state index contributed by atoms with van der Waals surface area (Å²) in [6.45, 7) is 6.26. The maximum Gasteiger partial charge on any atom is 0.281 e. The van der Waals surface area contributed by atoms with Crippen molar-refractivity contribution in [1.82, 2.24) is 20.2 Å². The molecule has 2 aromatic heterocycles. The van der Waals surface area contributed by atoms with Crippen LogP contribution < -0.4 is 14.8 Å². The van der Waals surface area contributed by atoms with Crippen LogP contribution in [-0.4, -0.2) is 54.2 Å². The first kappa shape index (κ1) is 16.9. The maximum atomic E-state index is 5.97. The van der Waals surface area contributed by atoms with Crippen LogP contribution in [-0.2, 0) is 0 Å². The normalized spacial score (nSPS) is 20.2. The van der Waals surface area contributed by atoms with Crippen molar-refractivity contribution in [2.75, 3.05) is 39.3 Å². The van der Waals surface area contributed by atoms with Gasteiger partial charge in [-0.05, 0) is 37.7 Å². The molecule has 1 saturated heterocycles. The molecule has 0 aliphatic carbocycles. The van der Waals surface area contributed by atoms with Crippen LogP contribution in [0.4, 0.5) is 0 Å². The van der Waals surface area contributed by atoms with Gasteiger partial charge in [0.05, 0.1) is 11.3 Å². The highest BCUT2D eigenvalue weighted by Gasteiger charge is 2.27. The van der Waals surface area contributed by atoms with Crippen molar-refractivity contribution in [3.8, 4) is 16.7 Å². The van der Waals surface area contributed by atoms with E-state index in [0.717, 1.165) is 61.2 Å². The Morgan fingerprint density at radius 1 is 1.26 bits per heavy atom. The molecule has 0 bridgehead atoms. The molecular weight excluding hydrogens is 360 g/mol. The molecule has 5 rings (SSSR count). The summed E-state index contributed by atoms with van der Waals surface area (Å²) in [5.41, 5.74) is 2.01. The average Bonchev–Trinajstić information content (AvgIpc) is 3.17. The van der Waals surface area contributed by atoms with E-state index in [1.807, 2.05) is 24.3 Å². The lowest BCUT2D eigenvalue weighted by Gasteiger charge is -2.22. The smallest absolute Gasteiger partial charge is 0.281 e. The fraction of sp³-hybridized carbons (Fsp3) is 0.400. The Morgan fingerprint density at radius 3 is 3.22 bits per heavy atom. The van der Waals surface area contributed by atoms with Crippen molar-refractivity contribution in [2.45, 2.75) is 12.3 Å². The van der Waals surface area contributed by atoms with Crippen LogP contribution in [0.15, 0.2) is 36.5 Å². The first-order valence-electron chi connectivity index (χ1n) is 9.44. The second kappa shape index (κ2) is 7.42. The summed E-state index contributed by atoms with van der Waals surface area (Å²) in [7, 11) is 0. The summed E-state index contributed by atoms with van der Waals surface area (Å²) in [5, 5.41) is 4.07. The van der Waals surface area contributed by atoms with Crippen molar-refractivity contribution in [3.05, 3.63) is 42.1 Å². The number of benzene rings is 1. The van der Waals surface area contributed by atoms with E-state index in [4.69, 9.17) is 9.47 Å². The lowest BCUT2D eigenvalue weighted by molar-refractivity contribution is 0.244. The number of nitrogens with one attached hydrogen (secondary N) is 1. The van der Waals surface area contributed by atoms with Crippen LogP contribution >= 0.6 is 11.3 Å². The first-order valence-corrected chi connectivity index (χ1v) is 10.3. The molecule has 3 aromatic rings. The molecule has 140 valence electrons. The minimum Gasteiger partial charge on any atom is -0.492 e. The highest BCUT2D eigenvalue weighted by Crippen LogP contribution is 2.39. The van der Waals surface area contributed by atoms with E-state index in [2.05, 4.69) is 26.3 Å². The van der Waals surface area contributed by atoms with Gasteiger partial charge in [0.2, 0.25) is 0 Å². The third kappa shape index (κ3) is 3.63. The Morgan fingerprint density at radius 2 is 2.26 bits per heavy atom. The maximum absolute atomic E-state index is 5.97. The third-order valence-electron chi connectivity index (χ3n) is 5.13. The lowest BCUT2D eigenvalue weighted by Crippen LogP contribution is -2.32. The topological polar surface area (TPSA) is 59.5 Å². The molecular formula is C20H22N4O2S. The first-order chi connectivity index (χ1) is 13.3. The van der Waals surface area contributed by atoms with Gasteiger partial charge in [-0.2, -0.15) is 4.98 Å². The number of rotatable bonds is 4. The zero-order chi connectivity index (χ0) is 18.1. The molecule has 1 N–H and O–H groups in total. The number of hydrogen-bond acceptors (Lipinski definition) is 7. The van der Waals surface area contributed by atoms with E-state index < -0.39 is 0 Å². The van der Waals surface area contributed by atoms with E-state index in [1.165, 1.54) is 23.3 Å². The van der Waals surface area contributed by atoms with E-state index in [-0.39, 0.29) is 0 Å². The second-order valence-corrected chi connectivity index (χ2v) is 8.01. The van der Waals surface area contributed by atoms with Gasteiger partial charge in [-0.1, -0.05) is 17.4 Å². The molecule has 0 saturated carbocycles. The van der Waals surface area contributed by atoms with Crippen molar-refractivity contribution >= 4 is 21.7 Å². The van der Waals surface area contributed by atoms with Gasteiger partial charge in [-0.25, -0.2) is 4.98 Å². The Labute approximate surface area is 162 Å². The third-order valence-corrected chi connectivity index (χ3v) is 6.01. The van der Waals surface area contributed by atoms with Gasteiger partial charge in [0.25, 0.3) is 5.19 Å². The molecule has 1 unspecified atom stereocenters.